The largest absolute Gasteiger partial charge is 0.497 e. The SMILES string of the molecule is COc1ccc(N(C)C(=O)Nc2ccc3nc(-c4cccs4)c(-c4cccs4)nc3c2)cc1. The Bertz CT molecular complexity index is 1400. The molecule has 164 valence electrons. The van der Waals surface area contributed by atoms with Gasteiger partial charge < -0.3 is 10.1 Å². The van der Waals surface area contributed by atoms with Crippen molar-refractivity contribution in [2.75, 3.05) is 24.4 Å². The summed E-state index contributed by atoms with van der Waals surface area (Å²) in [7, 11) is 3.33. The number of hydrogen-bond donors (Lipinski definition) is 1. The fourth-order valence-corrected chi connectivity index (χ4v) is 4.86. The molecule has 6 nitrogen and oxygen atoms in total. The fourth-order valence-electron chi connectivity index (χ4n) is 3.43. The number of nitrogens with zero attached hydrogens (tertiary/aromatic N) is 3. The number of aromatic nitrogens is 2. The van der Waals surface area contributed by atoms with Crippen molar-refractivity contribution in [3.8, 4) is 26.9 Å². The van der Waals surface area contributed by atoms with Gasteiger partial charge in [-0.25, -0.2) is 14.8 Å². The normalized spacial score (nSPS) is 10.8. The summed E-state index contributed by atoms with van der Waals surface area (Å²) in [5.74, 6) is 0.740. The lowest BCUT2D eigenvalue weighted by atomic mass is 10.2. The van der Waals surface area contributed by atoms with E-state index in [2.05, 4.69) is 11.4 Å². The van der Waals surface area contributed by atoms with Crippen LogP contribution in [0.3, 0.4) is 0 Å². The highest BCUT2D eigenvalue weighted by Crippen LogP contribution is 2.35. The number of nitrogens with one attached hydrogen (secondary N) is 1. The van der Waals surface area contributed by atoms with Crippen LogP contribution in [0.2, 0.25) is 0 Å². The zero-order chi connectivity index (χ0) is 22.8. The zero-order valence-corrected chi connectivity index (χ0v) is 19.6. The van der Waals surface area contributed by atoms with Crippen molar-refractivity contribution in [2.24, 2.45) is 0 Å². The van der Waals surface area contributed by atoms with E-state index in [-0.39, 0.29) is 6.03 Å². The number of amides is 2. The van der Waals surface area contributed by atoms with Crippen molar-refractivity contribution in [2.45, 2.75) is 0 Å². The molecule has 2 aromatic carbocycles. The predicted octanol–water partition coefficient (Wildman–Crippen LogP) is 6.76. The first-order valence-electron chi connectivity index (χ1n) is 10.2. The summed E-state index contributed by atoms with van der Waals surface area (Å²) in [5.41, 5.74) is 4.64. The third-order valence-electron chi connectivity index (χ3n) is 5.19. The fraction of sp³-hybridized carbons (Fsp3) is 0.0800. The molecule has 0 atom stereocenters. The van der Waals surface area contributed by atoms with E-state index in [1.807, 2.05) is 71.4 Å². The van der Waals surface area contributed by atoms with Crippen molar-refractivity contribution in [3.05, 3.63) is 77.5 Å². The lowest BCUT2D eigenvalue weighted by Crippen LogP contribution is -2.31. The van der Waals surface area contributed by atoms with Crippen LogP contribution < -0.4 is 15.0 Å². The lowest BCUT2D eigenvalue weighted by molar-refractivity contribution is 0.258. The molecule has 0 saturated carbocycles. The Kier molecular flexibility index (Phi) is 5.77. The molecule has 0 bridgehead atoms. The number of carbonyl (C=O) groups excluding carboxylic acids is 1. The molecule has 0 saturated heterocycles. The molecule has 0 fully saturated rings. The van der Waals surface area contributed by atoms with Crippen LogP contribution in [-0.2, 0) is 0 Å². The summed E-state index contributed by atoms with van der Waals surface area (Å²) >= 11 is 3.27. The molecular formula is C25H20N4O2S2. The van der Waals surface area contributed by atoms with Crippen LogP contribution in [0.15, 0.2) is 77.5 Å². The van der Waals surface area contributed by atoms with Crippen LogP contribution >= 0.6 is 22.7 Å². The van der Waals surface area contributed by atoms with Gasteiger partial charge in [0, 0.05) is 18.4 Å². The number of benzene rings is 2. The second-order valence-electron chi connectivity index (χ2n) is 7.27. The van der Waals surface area contributed by atoms with Gasteiger partial charge in [-0.15, -0.1) is 22.7 Å². The van der Waals surface area contributed by atoms with Gasteiger partial charge in [0.2, 0.25) is 0 Å². The van der Waals surface area contributed by atoms with Gasteiger partial charge in [0.15, 0.2) is 0 Å². The number of methoxy groups -OCH3 is 1. The molecule has 0 spiro atoms. The van der Waals surface area contributed by atoms with E-state index in [1.54, 1.807) is 41.7 Å². The molecule has 3 heterocycles. The monoisotopic (exact) mass is 472 g/mol. The second kappa shape index (κ2) is 9.01. The van der Waals surface area contributed by atoms with E-state index in [1.165, 1.54) is 0 Å². The van der Waals surface area contributed by atoms with Gasteiger partial charge >= 0.3 is 6.03 Å². The minimum Gasteiger partial charge on any atom is -0.497 e. The molecule has 0 aliphatic heterocycles. The first-order valence-corrected chi connectivity index (χ1v) is 12.0. The molecule has 8 heteroatoms. The summed E-state index contributed by atoms with van der Waals surface area (Å²) in [6.07, 6.45) is 0. The molecule has 5 aromatic rings. The van der Waals surface area contributed by atoms with Crippen LogP contribution in [0.1, 0.15) is 0 Å². The van der Waals surface area contributed by atoms with E-state index in [0.717, 1.165) is 43.6 Å². The van der Waals surface area contributed by atoms with Gasteiger partial charge in [0.1, 0.15) is 17.1 Å². The highest BCUT2D eigenvalue weighted by Gasteiger charge is 2.16. The van der Waals surface area contributed by atoms with Gasteiger partial charge in [0.25, 0.3) is 0 Å². The Morgan fingerprint density at radius 1 is 0.879 bits per heavy atom. The van der Waals surface area contributed by atoms with Gasteiger partial charge in [-0.3, -0.25) is 4.90 Å². The molecule has 2 amide bonds. The molecule has 0 unspecified atom stereocenters. The van der Waals surface area contributed by atoms with Crippen molar-refractivity contribution in [1.29, 1.82) is 0 Å². The van der Waals surface area contributed by atoms with Crippen molar-refractivity contribution in [1.82, 2.24) is 9.97 Å². The number of thiophene rings is 2. The van der Waals surface area contributed by atoms with Crippen molar-refractivity contribution < 1.29 is 9.53 Å². The van der Waals surface area contributed by atoms with Crippen LogP contribution in [0.4, 0.5) is 16.2 Å². The predicted molar refractivity (Wildman–Crippen MR) is 137 cm³/mol. The summed E-state index contributed by atoms with van der Waals surface area (Å²) < 4.78 is 5.18. The summed E-state index contributed by atoms with van der Waals surface area (Å²) in [4.78, 5) is 26.3. The number of rotatable bonds is 5. The van der Waals surface area contributed by atoms with Crippen LogP contribution in [0, 0.1) is 0 Å². The zero-order valence-electron chi connectivity index (χ0n) is 18.0. The number of urea groups is 1. The molecule has 0 aliphatic rings. The van der Waals surface area contributed by atoms with Gasteiger partial charge in [-0.1, -0.05) is 12.1 Å². The van der Waals surface area contributed by atoms with Gasteiger partial charge in [0.05, 0.1) is 27.9 Å². The Hall–Kier alpha value is -3.75. The number of fused-ring (bicyclic) bond motifs is 1. The van der Waals surface area contributed by atoms with E-state index in [9.17, 15) is 4.79 Å². The number of carbonyl (C=O) groups is 1. The molecule has 1 N–H and O–H groups in total. The third kappa shape index (κ3) is 4.30. The highest BCUT2D eigenvalue weighted by molar-refractivity contribution is 7.14. The van der Waals surface area contributed by atoms with Crippen LogP contribution in [0.25, 0.3) is 32.2 Å². The van der Waals surface area contributed by atoms with Crippen molar-refractivity contribution >= 4 is 51.1 Å². The molecule has 33 heavy (non-hydrogen) atoms. The average Bonchev–Trinajstić information content (AvgIpc) is 3.57. The maximum absolute atomic E-state index is 12.8. The molecular weight excluding hydrogens is 452 g/mol. The minimum atomic E-state index is -0.249. The van der Waals surface area contributed by atoms with Crippen LogP contribution in [0.5, 0.6) is 5.75 Å². The van der Waals surface area contributed by atoms with Crippen LogP contribution in [-0.4, -0.2) is 30.2 Å². The molecule has 0 radical (unpaired) electrons. The summed E-state index contributed by atoms with van der Waals surface area (Å²) in [6, 6.07) is 20.8. The Balaban J connectivity index is 1.46. The number of ether oxygens (including phenoxy) is 1. The average molecular weight is 473 g/mol. The Labute approximate surface area is 199 Å². The summed E-state index contributed by atoms with van der Waals surface area (Å²) in [6.45, 7) is 0. The third-order valence-corrected chi connectivity index (χ3v) is 6.94. The standard InChI is InChI=1S/C25H20N4O2S2/c1-29(17-8-10-18(31-2)11-9-17)25(30)26-16-7-12-19-20(15-16)28-24(22-6-4-14-33-22)23(27-19)21-5-3-13-32-21/h3-15H,1-2H3,(H,26,30). The minimum absolute atomic E-state index is 0.249. The smallest absolute Gasteiger partial charge is 0.326 e. The van der Waals surface area contributed by atoms with Gasteiger partial charge in [-0.05, 0) is 65.4 Å². The van der Waals surface area contributed by atoms with E-state index >= 15 is 0 Å². The lowest BCUT2D eigenvalue weighted by Gasteiger charge is -2.18. The number of anilines is 2. The van der Waals surface area contributed by atoms with E-state index < -0.39 is 0 Å². The first-order chi connectivity index (χ1) is 16.1. The Morgan fingerprint density at radius 3 is 2.09 bits per heavy atom. The Morgan fingerprint density at radius 2 is 1.52 bits per heavy atom. The van der Waals surface area contributed by atoms with Gasteiger partial charge in [-0.2, -0.15) is 0 Å². The van der Waals surface area contributed by atoms with E-state index in [4.69, 9.17) is 14.7 Å². The molecule has 3 aromatic heterocycles. The topological polar surface area (TPSA) is 67.3 Å². The maximum atomic E-state index is 12.8. The molecule has 0 aliphatic carbocycles. The number of hydrogen-bond acceptors (Lipinski definition) is 6. The maximum Gasteiger partial charge on any atom is 0.326 e. The quantitative estimate of drug-likeness (QED) is 0.307. The van der Waals surface area contributed by atoms with E-state index in [0.29, 0.717) is 5.69 Å². The summed E-state index contributed by atoms with van der Waals surface area (Å²) in [5, 5.41) is 7.02. The second-order valence-corrected chi connectivity index (χ2v) is 9.16. The first kappa shape index (κ1) is 21.1. The highest BCUT2D eigenvalue weighted by atomic mass is 32.1. The molecule has 5 rings (SSSR count). The van der Waals surface area contributed by atoms with Crippen molar-refractivity contribution in [3.63, 3.8) is 0 Å².